The molecule has 1 heterocycles. The molecule has 0 aliphatic carbocycles. The highest BCUT2D eigenvalue weighted by Gasteiger charge is 2.22. The van der Waals surface area contributed by atoms with E-state index in [-0.39, 0.29) is 0 Å². The highest BCUT2D eigenvalue weighted by atomic mass is 16.5. The third-order valence-corrected chi connectivity index (χ3v) is 3.33. The van der Waals surface area contributed by atoms with Gasteiger partial charge in [-0.2, -0.15) is 0 Å². The molecule has 0 N–H and O–H groups in total. The topological polar surface area (TPSA) is 29.5 Å². The smallest absolute Gasteiger partial charge is 0.222 e. The molecule has 0 spiro atoms. The van der Waals surface area contributed by atoms with Crippen molar-refractivity contribution in [2.75, 3.05) is 26.3 Å². The van der Waals surface area contributed by atoms with E-state index >= 15 is 0 Å². The van der Waals surface area contributed by atoms with Crippen LogP contribution in [0.2, 0.25) is 0 Å². The van der Waals surface area contributed by atoms with Gasteiger partial charge in [-0.25, -0.2) is 0 Å². The third kappa shape index (κ3) is 5.85. The van der Waals surface area contributed by atoms with Gasteiger partial charge in [0.05, 0.1) is 0 Å². The summed E-state index contributed by atoms with van der Waals surface area (Å²) in [5, 5.41) is 0. The Morgan fingerprint density at radius 1 is 1.11 bits per heavy atom. The largest absolute Gasteiger partial charge is 0.381 e. The number of hydrogen-bond acceptors (Lipinski definition) is 2. The maximum absolute atomic E-state index is 12.4. The molecule has 0 radical (unpaired) electrons. The van der Waals surface area contributed by atoms with E-state index in [1.54, 1.807) is 0 Å². The fourth-order valence-corrected chi connectivity index (χ4v) is 2.49. The quantitative estimate of drug-likeness (QED) is 0.730. The van der Waals surface area contributed by atoms with E-state index in [4.69, 9.17) is 4.74 Å². The highest BCUT2D eigenvalue weighted by Crippen LogP contribution is 2.20. The van der Waals surface area contributed by atoms with Gasteiger partial charge in [0.2, 0.25) is 5.91 Å². The van der Waals surface area contributed by atoms with Crippen LogP contribution in [-0.2, 0) is 9.53 Å². The highest BCUT2D eigenvalue weighted by molar-refractivity contribution is 5.76. The summed E-state index contributed by atoms with van der Waals surface area (Å²) in [6.07, 6.45) is 2.80. The van der Waals surface area contributed by atoms with Gasteiger partial charge in [-0.3, -0.25) is 4.79 Å². The van der Waals surface area contributed by atoms with Crippen molar-refractivity contribution in [3.05, 3.63) is 0 Å². The van der Waals surface area contributed by atoms with Crippen LogP contribution in [-0.4, -0.2) is 37.1 Å². The number of nitrogens with zero attached hydrogens (tertiary/aromatic N) is 1. The minimum Gasteiger partial charge on any atom is -0.381 e. The van der Waals surface area contributed by atoms with Crippen LogP contribution in [0, 0.1) is 17.8 Å². The molecule has 3 heteroatoms. The molecule has 0 aromatic heterocycles. The number of ether oxygens (including phenoxy) is 1. The molecule has 106 valence electrons. The van der Waals surface area contributed by atoms with Gasteiger partial charge in [0.1, 0.15) is 0 Å². The lowest BCUT2D eigenvalue weighted by atomic mass is 9.95. The Morgan fingerprint density at radius 2 is 1.61 bits per heavy atom. The summed E-state index contributed by atoms with van der Waals surface area (Å²) >= 11 is 0. The molecule has 18 heavy (non-hydrogen) atoms. The molecule has 0 saturated carbocycles. The Morgan fingerprint density at radius 3 is 2.06 bits per heavy atom. The van der Waals surface area contributed by atoms with Gasteiger partial charge in [0.25, 0.3) is 0 Å². The third-order valence-electron chi connectivity index (χ3n) is 3.33. The van der Waals surface area contributed by atoms with Crippen molar-refractivity contribution in [2.24, 2.45) is 17.8 Å². The predicted molar refractivity (Wildman–Crippen MR) is 74.4 cm³/mol. The first-order valence-electron chi connectivity index (χ1n) is 7.34. The van der Waals surface area contributed by atoms with Crippen LogP contribution in [0.5, 0.6) is 0 Å². The maximum atomic E-state index is 12.4. The molecule has 1 rings (SSSR count). The van der Waals surface area contributed by atoms with Crippen molar-refractivity contribution in [1.82, 2.24) is 4.90 Å². The van der Waals surface area contributed by atoms with E-state index in [2.05, 4.69) is 32.6 Å². The van der Waals surface area contributed by atoms with Gasteiger partial charge in [-0.15, -0.1) is 0 Å². The molecule has 0 aromatic rings. The molecule has 3 nitrogen and oxygen atoms in total. The number of carbonyl (C=O) groups is 1. The van der Waals surface area contributed by atoms with Crippen LogP contribution in [0.1, 0.15) is 47.0 Å². The zero-order valence-electron chi connectivity index (χ0n) is 12.4. The zero-order valence-corrected chi connectivity index (χ0v) is 12.4. The molecule has 1 amide bonds. The first kappa shape index (κ1) is 15.5. The molecule has 1 aliphatic rings. The van der Waals surface area contributed by atoms with Crippen LogP contribution in [0.4, 0.5) is 0 Å². The van der Waals surface area contributed by atoms with Gasteiger partial charge < -0.3 is 9.64 Å². The number of hydrogen-bond donors (Lipinski definition) is 0. The fourth-order valence-electron chi connectivity index (χ4n) is 2.49. The van der Waals surface area contributed by atoms with E-state index in [0.29, 0.717) is 30.1 Å². The van der Waals surface area contributed by atoms with Crippen molar-refractivity contribution in [1.29, 1.82) is 0 Å². The minimum absolute atomic E-state index is 0.337. The first-order chi connectivity index (χ1) is 8.49. The maximum Gasteiger partial charge on any atom is 0.222 e. The average Bonchev–Trinajstić information content (AvgIpc) is 2.28. The van der Waals surface area contributed by atoms with Crippen molar-refractivity contribution in [3.63, 3.8) is 0 Å². The molecule has 0 unspecified atom stereocenters. The van der Waals surface area contributed by atoms with Gasteiger partial charge in [0, 0.05) is 32.7 Å². The van der Waals surface area contributed by atoms with E-state index in [0.717, 1.165) is 39.1 Å². The zero-order chi connectivity index (χ0) is 13.5. The molecule has 0 aromatic carbocycles. The molecule has 1 saturated heterocycles. The average molecular weight is 255 g/mol. The van der Waals surface area contributed by atoms with Crippen molar-refractivity contribution < 1.29 is 9.53 Å². The summed E-state index contributed by atoms with van der Waals surface area (Å²) in [4.78, 5) is 14.4. The molecule has 0 bridgehead atoms. The summed E-state index contributed by atoms with van der Waals surface area (Å²) in [6, 6.07) is 0. The summed E-state index contributed by atoms with van der Waals surface area (Å²) in [7, 11) is 0. The van der Waals surface area contributed by atoms with Crippen LogP contribution >= 0.6 is 0 Å². The van der Waals surface area contributed by atoms with Crippen LogP contribution in [0.3, 0.4) is 0 Å². The molecule has 1 fully saturated rings. The van der Waals surface area contributed by atoms with E-state index in [9.17, 15) is 4.79 Å². The van der Waals surface area contributed by atoms with E-state index in [1.165, 1.54) is 0 Å². The lowest BCUT2D eigenvalue weighted by molar-refractivity contribution is -0.134. The van der Waals surface area contributed by atoms with E-state index < -0.39 is 0 Å². The summed E-state index contributed by atoms with van der Waals surface area (Å²) in [5.41, 5.74) is 0. The summed E-state index contributed by atoms with van der Waals surface area (Å²) < 4.78 is 5.35. The van der Waals surface area contributed by atoms with Gasteiger partial charge in [0.15, 0.2) is 0 Å². The second-order valence-electron chi connectivity index (χ2n) is 6.35. The normalized spacial score (nSPS) is 17.4. The van der Waals surface area contributed by atoms with Crippen LogP contribution in [0.15, 0.2) is 0 Å². The SMILES string of the molecule is CC(C)CN(CC(C)C)C(=O)CC1CCOCC1. The Hall–Kier alpha value is -0.570. The predicted octanol–water partition coefficient (Wildman–Crippen LogP) is 2.94. The number of amides is 1. The Bertz CT molecular complexity index is 235. The standard InChI is InChI=1S/C15H29NO2/c1-12(2)10-16(11-13(3)4)15(17)9-14-5-7-18-8-6-14/h12-14H,5-11H2,1-4H3. The minimum atomic E-state index is 0.337. The van der Waals surface area contributed by atoms with Gasteiger partial charge in [-0.1, -0.05) is 27.7 Å². The molecular formula is C15H29NO2. The fraction of sp³-hybridized carbons (Fsp3) is 0.933. The van der Waals surface area contributed by atoms with Crippen LogP contribution < -0.4 is 0 Å². The monoisotopic (exact) mass is 255 g/mol. The van der Waals surface area contributed by atoms with Crippen LogP contribution in [0.25, 0.3) is 0 Å². The first-order valence-corrected chi connectivity index (χ1v) is 7.34. The molecule has 1 aliphatic heterocycles. The molecule has 0 atom stereocenters. The van der Waals surface area contributed by atoms with Crippen molar-refractivity contribution in [2.45, 2.75) is 47.0 Å². The lowest BCUT2D eigenvalue weighted by Gasteiger charge is -2.29. The van der Waals surface area contributed by atoms with E-state index in [1.807, 2.05) is 0 Å². The second kappa shape index (κ2) is 7.78. The molecular weight excluding hydrogens is 226 g/mol. The van der Waals surface area contributed by atoms with Gasteiger partial charge in [-0.05, 0) is 30.6 Å². The second-order valence-corrected chi connectivity index (χ2v) is 6.35. The Kier molecular flexibility index (Phi) is 6.69. The lowest BCUT2D eigenvalue weighted by Crippen LogP contribution is -2.38. The Balaban J connectivity index is 2.46. The van der Waals surface area contributed by atoms with Crippen molar-refractivity contribution >= 4 is 5.91 Å². The number of carbonyl (C=O) groups excluding carboxylic acids is 1. The van der Waals surface area contributed by atoms with Crippen molar-refractivity contribution in [3.8, 4) is 0 Å². The summed E-state index contributed by atoms with van der Waals surface area (Å²) in [6.45, 7) is 12.1. The van der Waals surface area contributed by atoms with Gasteiger partial charge >= 0.3 is 0 Å². The summed E-state index contributed by atoms with van der Waals surface area (Å²) in [5.74, 6) is 1.96. The Labute approximate surface area is 112 Å². The number of rotatable bonds is 6.